The molecule has 0 aromatic heterocycles. The first kappa shape index (κ1) is 21.7. The molecule has 1 aliphatic heterocycles. The second-order valence-corrected chi connectivity index (χ2v) is 6.55. The van der Waals surface area contributed by atoms with Crippen molar-refractivity contribution in [1.29, 1.82) is 0 Å². The molecular formula is C18H36N4O3. The highest BCUT2D eigenvalue weighted by atomic mass is 16.5. The molecule has 0 amide bonds. The van der Waals surface area contributed by atoms with Crippen molar-refractivity contribution < 1.29 is 14.3 Å². The highest BCUT2D eigenvalue weighted by Crippen LogP contribution is 2.19. The summed E-state index contributed by atoms with van der Waals surface area (Å²) in [6.45, 7) is 11.3. The third-order valence-electron chi connectivity index (χ3n) is 4.99. The van der Waals surface area contributed by atoms with Gasteiger partial charge in [0.05, 0.1) is 26.2 Å². The normalized spacial score (nSPS) is 18.7. The van der Waals surface area contributed by atoms with Crippen LogP contribution in [-0.4, -0.2) is 76.4 Å². The zero-order valence-electron chi connectivity index (χ0n) is 16.5. The van der Waals surface area contributed by atoms with E-state index in [9.17, 15) is 4.79 Å². The van der Waals surface area contributed by atoms with E-state index < -0.39 is 0 Å². The maximum atomic E-state index is 11.5. The van der Waals surface area contributed by atoms with E-state index in [-0.39, 0.29) is 11.9 Å². The van der Waals surface area contributed by atoms with Gasteiger partial charge in [-0.05, 0) is 5.92 Å². The zero-order chi connectivity index (χ0) is 18.7. The van der Waals surface area contributed by atoms with Crippen LogP contribution in [0, 0.1) is 11.8 Å². The zero-order valence-corrected chi connectivity index (χ0v) is 16.5. The van der Waals surface area contributed by atoms with Crippen molar-refractivity contribution in [3.05, 3.63) is 0 Å². The lowest BCUT2D eigenvalue weighted by Crippen LogP contribution is -2.53. The molecular weight excluding hydrogens is 320 g/mol. The predicted molar refractivity (Wildman–Crippen MR) is 101 cm³/mol. The number of nitrogens with one attached hydrogen (secondary N) is 2. The lowest BCUT2D eigenvalue weighted by atomic mass is 9.92. The first-order valence-corrected chi connectivity index (χ1v) is 9.41. The smallest absolute Gasteiger partial charge is 0.310 e. The monoisotopic (exact) mass is 356 g/mol. The fourth-order valence-electron chi connectivity index (χ4n) is 3.29. The summed E-state index contributed by atoms with van der Waals surface area (Å²) in [5, 5.41) is 6.65. The first-order chi connectivity index (χ1) is 12.1. The van der Waals surface area contributed by atoms with E-state index in [2.05, 4.69) is 34.4 Å². The summed E-state index contributed by atoms with van der Waals surface area (Å²) in [4.78, 5) is 18.3. The fourth-order valence-corrected chi connectivity index (χ4v) is 3.29. The van der Waals surface area contributed by atoms with Gasteiger partial charge >= 0.3 is 5.97 Å². The number of carbonyl (C=O) groups is 1. The number of hydrogen-bond donors (Lipinski definition) is 2. The average Bonchev–Trinajstić information content (AvgIpc) is 2.66. The summed E-state index contributed by atoms with van der Waals surface area (Å²) in [6.07, 6.45) is 2.32. The maximum Gasteiger partial charge on any atom is 0.310 e. The second-order valence-electron chi connectivity index (χ2n) is 6.55. The minimum absolute atomic E-state index is 0.211. The summed E-state index contributed by atoms with van der Waals surface area (Å²) in [5.74, 6) is 0.932. The van der Waals surface area contributed by atoms with Gasteiger partial charge in [0.1, 0.15) is 0 Å². The van der Waals surface area contributed by atoms with Crippen molar-refractivity contribution >= 4 is 11.9 Å². The van der Waals surface area contributed by atoms with Crippen molar-refractivity contribution in [1.82, 2.24) is 15.5 Å². The molecule has 0 saturated carbocycles. The number of rotatable bonds is 9. The molecule has 1 fully saturated rings. The van der Waals surface area contributed by atoms with E-state index in [0.717, 1.165) is 51.6 Å². The fraction of sp³-hybridized carbons (Fsp3) is 0.889. The van der Waals surface area contributed by atoms with Crippen LogP contribution in [0.1, 0.15) is 33.6 Å². The maximum absolute atomic E-state index is 11.5. The Balaban J connectivity index is 2.58. The molecule has 2 N–H and O–H groups in total. The Bertz CT molecular complexity index is 407. The molecule has 0 bridgehead atoms. The predicted octanol–water partition coefficient (Wildman–Crippen LogP) is 1.10. The number of nitrogens with zero attached hydrogens (tertiary/aromatic N) is 2. The molecule has 1 heterocycles. The molecule has 1 aliphatic rings. The van der Waals surface area contributed by atoms with Crippen LogP contribution >= 0.6 is 0 Å². The number of carbonyl (C=O) groups excluding carboxylic acids is 1. The van der Waals surface area contributed by atoms with Crippen molar-refractivity contribution in [2.24, 2.45) is 16.8 Å². The lowest BCUT2D eigenvalue weighted by molar-refractivity contribution is -0.144. The van der Waals surface area contributed by atoms with Gasteiger partial charge in [0.2, 0.25) is 0 Å². The number of hydrogen-bond acceptors (Lipinski definition) is 5. The molecule has 146 valence electrons. The van der Waals surface area contributed by atoms with Crippen LogP contribution in [0.5, 0.6) is 0 Å². The molecule has 0 radical (unpaired) electrons. The van der Waals surface area contributed by atoms with Gasteiger partial charge in [0, 0.05) is 39.3 Å². The molecule has 7 nitrogen and oxygen atoms in total. The molecule has 0 aromatic rings. The molecule has 1 saturated heterocycles. The Labute approximate surface area is 152 Å². The van der Waals surface area contributed by atoms with E-state index >= 15 is 0 Å². The van der Waals surface area contributed by atoms with E-state index in [1.54, 1.807) is 7.05 Å². The van der Waals surface area contributed by atoms with E-state index in [1.807, 2.05) is 6.92 Å². The van der Waals surface area contributed by atoms with Gasteiger partial charge < -0.3 is 20.1 Å². The molecule has 2 unspecified atom stereocenters. The van der Waals surface area contributed by atoms with Gasteiger partial charge in [0.15, 0.2) is 5.96 Å². The van der Waals surface area contributed by atoms with Gasteiger partial charge in [0.25, 0.3) is 0 Å². The molecule has 0 aromatic carbocycles. The number of ether oxygens (including phenoxy) is 2. The van der Waals surface area contributed by atoms with Crippen molar-refractivity contribution in [2.45, 2.75) is 39.7 Å². The van der Waals surface area contributed by atoms with E-state index in [0.29, 0.717) is 18.5 Å². The second kappa shape index (κ2) is 12.1. The van der Waals surface area contributed by atoms with Gasteiger partial charge in [-0.3, -0.25) is 14.7 Å². The van der Waals surface area contributed by atoms with Gasteiger partial charge in [-0.25, -0.2) is 0 Å². The molecule has 0 aliphatic carbocycles. The Kier molecular flexibility index (Phi) is 10.5. The standard InChI is InChI=1S/C18H36N4O3/c1-6-15(7-2)16(22-8-10-25-11-9-22)13-21-18(19-4)20-12-14(3)17(23)24-5/h14-16H,6-13H2,1-5H3,(H2,19,20,21). The lowest BCUT2D eigenvalue weighted by Gasteiger charge is -2.39. The van der Waals surface area contributed by atoms with Gasteiger partial charge in [-0.15, -0.1) is 0 Å². The number of guanidine groups is 1. The minimum Gasteiger partial charge on any atom is -0.469 e. The number of esters is 1. The van der Waals surface area contributed by atoms with Crippen LogP contribution in [-0.2, 0) is 14.3 Å². The highest BCUT2D eigenvalue weighted by molar-refractivity contribution is 5.80. The van der Waals surface area contributed by atoms with E-state index in [1.165, 1.54) is 7.11 Å². The molecule has 7 heteroatoms. The Morgan fingerprint density at radius 2 is 1.80 bits per heavy atom. The molecule has 1 rings (SSSR count). The van der Waals surface area contributed by atoms with Crippen LogP contribution in [0.4, 0.5) is 0 Å². The van der Waals surface area contributed by atoms with Crippen molar-refractivity contribution in [2.75, 3.05) is 53.6 Å². The summed E-state index contributed by atoms with van der Waals surface area (Å²) >= 11 is 0. The van der Waals surface area contributed by atoms with Gasteiger partial charge in [-0.1, -0.05) is 33.6 Å². The Morgan fingerprint density at radius 1 is 1.20 bits per heavy atom. The van der Waals surface area contributed by atoms with Crippen LogP contribution in [0.25, 0.3) is 0 Å². The van der Waals surface area contributed by atoms with Gasteiger partial charge in [-0.2, -0.15) is 0 Å². The SMILES string of the molecule is CCC(CC)C(CNC(=NC)NCC(C)C(=O)OC)N1CCOCC1. The molecule has 25 heavy (non-hydrogen) atoms. The number of aliphatic imine (C=N–C) groups is 1. The largest absolute Gasteiger partial charge is 0.469 e. The summed E-state index contributed by atoms with van der Waals surface area (Å²) in [6, 6.07) is 0.454. The third kappa shape index (κ3) is 7.20. The molecule has 2 atom stereocenters. The molecule has 0 spiro atoms. The quantitative estimate of drug-likeness (QED) is 0.366. The minimum atomic E-state index is -0.217. The topological polar surface area (TPSA) is 75.2 Å². The van der Waals surface area contributed by atoms with E-state index in [4.69, 9.17) is 9.47 Å². The highest BCUT2D eigenvalue weighted by Gasteiger charge is 2.27. The summed E-state index contributed by atoms with van der Waals surface area (Å²) in [7, 11) is 3.16. The Morgan fingerprint density at radius 3 is 2.32 bits per heavy atom. The van der Waals surface area contributed by atoms with Crippen LogP contribution in [0.3, 0.4) is 0 Å². The third-order valence-corrected chi connectivity index (χ3v) is 4.99. The summed E-state index contributed by atoms with van der Waals surface area (Å²) in [5.41, 5.74) is 0. The average molecular weight is 357 g/mol. The van der Waals surface area contributed by atoms with Crippen LogP contribution in [0.2, 0.25) is 0 Å². The van der Waals surface area contributed by atoms with Crippen molar-refractivity contribution in [3.63, 3.8) is 0 Å². The Hall–Kier alpha value is -1.34. The van der Waals surface area contributed by atoms with Crippen molar-refractivity contribution in [3.8, 4) is 0 Å². The number of morpholine rings is 1. The van der Waals surface area contributed by atoms with Crippen LogP contribution in [0.15, 0.2) is 4.99 Å². The first-order valence-electron chi connectivity index (χ1n) is 9.41. The number of methoxy groups -OCH3 is 1. The van der Waals surface area contributed by atoms with Crippen LogP contribution < -0.4 is 10.6 Å². The summed E-state index contributed by atoms with van der Waals surface area (Å²) < 4.78 is 10.3.